The smallest absolute Gasteiger partial charge is 0.258 e. The second-order valence-electron chi connectivity index (χ2n) is 5.76. The van der Waals surface area contributed by atoms with Gasteiger partial charge < -0.3 is 9.47 Å². The first-order valence-corrected chi connectivity index (χ1v) is 8.18. The molecular weight excluding hydrogens is 292 g/mol. The van der Waals surface area contributed by atoms with Gasteiger partial charge in [-0.25, -0.2) is 4.98 Å². The molecule has 1 saturated heterocycles. The molecule has 0 spiro atoms. The third kappa shape index (κ3) is 3.99. The third-order valence-electron chi connectivity index (χ3n) is 3.96. The van der Waals surface area contributed by atoms with Crippen molar-refractivity contribution in [3.05, 3.63) is 52.7 Å². The predicted molar refractivity (Wildman–Crippen MR) is 88.3 cm³/mol. The molecule has 23 heavy (non-hydrogen) atoms. The maximum Gasteiger partial charge on any atom is 0.258 e. The van der Waals surface area contributed by atoms with E-state index in [1.54, 1.807) is 17.0 Å². The van der Waals surface area contributed by atoms with Crippen LogP contribution in [0.1, 0.15) is 31.9 Å². The number of ether oxygens (including phenoxy) is 2. The van der Waals surface area contributed by atoms with Crippen molar-refractivity contribution in [1.29, 1.82) is 0 Å². The number of aromatic nitrogens is 2. The van der Waals surface area contributed by atoms with Crippen LogP contribution in [0.2, 0.25) is 0 Å². The summed E-state index contributed by atoms with van der Waals surface area (Å²) in [6.45, 7) is 3.59. The molecule has 2 heterocycles. The molecule has 5 nitrogen and oxygen atoms in total. The van der Waals surface area contributed by atoms with Crippen LogP contribution in [-0.4, -0.2) is 28.9 Å². The second kappa shape index (κ2) is 7.42. The Hall–Kier alpha value is -2.14. The molecule has 1 aliphatic heterocycles. The molecule has 0 radical (unpaired) electrons. The minimum Gasteiger partial charge on any atom is -0.490 e. The zero-order chi connectivity index (χ0) is 16.1. The van der Waals surface area contributed by atoms with Crippen LogP contribution in [-0.2, 0) is 11.2 Å². The summed E-state index contributed by atoms with van der Waals surface area (Å²) in [5.74, 6) is 0.823. The molecule has 122 valence electrons. The first-order valence-electron chi connectivity index (χ1n) is 8.18. The van der Waals surface area contributed by atoms with Crippen molar-refractivity contribution in [2.24, 2.45) is 0 Å². The first kappa shape index (κ1) is 15.7. The van der Waals surface area contributed by atoms with Crippen LogP contribution in [0, 0.1) is 0 Å². The number of rotatable bonds is 5. The van der Waals surface area contributed by atoms with Gasteiger partial charge in [0.25, 0.3) is 5.56 Å². The lowest BCUT2D eigenvalue weighted by Gasteiger charge is -2.23. The quantitative estimate of drug-likeness (QED) is 0.851. The molecule has 0 unspecified atom stereocenters. The van der Waals surface area contributed by atoms with Gasteiger partial charge in [-0.3, -0.25) is 9.36 Å². The van der Waals surface area contributed by atoms with E-state index in [2.05, 4.69) is 11.9 Å². The summed E-state index contributed by atoms with van der Waals surface area (Å²) in [6.07, 6.45) is 5.46. The van der Waals surface area contributed by atoms with E-state index < -0.39 is 0 Å². The van der Waals surface area contributed by atoms with Gasteiger partial charge in [-0.15, -0.1) is 0 Å². The van der Waals surface area contributed by atoms with Crippen LogP contribution >= 0.6 is 0 Å². The highest BCUT2D eigenvalue weighted by atomic mass is 16.5. The van der Waals surface area contributed by atoms with Crippen LogP contribution in [0.25, 0.3) is 5.69 Å². The van der Waals surface area contributed by atoms with Crippen LogP contribution < -0.4 is 10.3 Å². The van der Waals surface area contributed by atoms with Crippen molar-refractivity contribution >= 4 is 0 Å². The number of nitrogens with zero attached hydrogens (tertiary/aromatic N) is 2. The molecule has 1 aromatic heterocycles. The summed E-state index contributed by atoms with van der Waals surface area (Å²) >= 11 is 0. The molecule has 0 amide bonds. The van der Waals surface area contributed by atoms with Gasteiger partial charge in [0.2, 0.25) is 0 Å². The highest BCUT2D eigenvalue weighted by molar-refractivity contribution is 5.37. The van der Waals surface area contributed by atoms with Crippen molar-refractivity contribution in [3.63, 3.8) is 0 Å². The van der Waals surface area contributed by atoms with Gasteiger partial charge in [-0.05, 0) is 30.7 Å². The largest absolute Gasteiger partial charge is 0.490 e. The van der Waals surface area contributed by atoms with Crippen LogP contribution in [0.3, 0.4) is 0 Å². The Morgan fingerprint density at radius 3 is 2.65 bits per heavy atom. The highest BCUT2D eigenvalue weighted by Crippen LogP contribution is 2.19. The number of hydrogen-bond acceptors (Lipinski definition) is 4. The molecule has 5 heteroatoms. The van der Waals surface area contributed by atoms with Crippen LogP contribution in [0.4, 0.5) is 0 Å². The van der Waals surface area contributed by atoms with Crippen molar-refractivity contribution in [3.8, 4) is 11.4 Å². The third-order valence-corrected chi connectivity index (χ3v) is 3.96. The van der Waals surface area contributed by atoms with Gasteiger partial charge in [0, 0.05) is 24.6 Å². The summed E-state index contributed by atoms with van der Waals surface area (Å²) in [5, 5.41) is 0. The van der Waals surface area contributed by atoms with Crippen LogP contribution in [0.15, 0.2) is 41.5 Å². The molecule has 1 aliphatic rings. The summed E-state index contributed by atoms with van der Waals surface area (Å²) in [5.41, 5.74) is 1.58. The molecule has 0 saturated carbocycles. The number of hydrogen-bond donors (Lipinski definition) is 0. The zero-order valence-corrected chi connectivity index (χ0v) is 13.4. The lowest BCUT2D eigenvalue weighted by Crippen LogP contribution is -2.25. The fourth-order valence-electron chi connectivity index (χ4n) is 2.70. The topological polar surface area (TPSA) is 53.4 Å². The SMILES string of the molecule is CCCc1cc(=O)n(-c2ccc(OC3CCOCC3)cc2)cn1. The van der Waals surface area contributed by atoms with E-state index in [0.29, 0.717) is 0 Å². The van der Waals surface area contributed by atoms with Gasteiger partial charge in [0.15, 0.2) is 0 Å². The molecule has 0 N–H and O–H groups in total. The van der Waals surface area contributed by atoms with Crippen molar-refractivity contribution < 1.29 is 9.47 Å². The fraction of sp³-hybridized carbons (Fsp3) is 0.444. The van der Waals surface area contributed by atoms with E-state index in [1.807, 2.05) is 24.3 Å². The van der Waals surface area contributed by atoms with Crippen molar-refractivity contribution in [1.82, 2.24) is 9.55 Å². The Morgan fingerprint density at radius 2 is 2.00 bits per heavy atom. The molecule has 0 bridgehead atoms. The Morgan fingerprint density at radius 1 is 1.26 bits per heavy atom. The summed E-state index contributed by atoms with van der Waals surface area (Å²) < 4.78 is 12.8. The molecule has 0 aliphatic carbocycles. The molecular formula is C18H22N2O3. The first-order chi connectivity index (χ1) is 11.3. The lowest BCUT2D eigenvalue weighted by molar-refractivity contribution is 0.0256. The van der Waals surface area contributed by atoms with E-state index in [9.17, 15) is 4.79 Å². The molecule has 3 rings (SSSR count). The minimum atomic E-state index is -0.0541. The standard InChI is InChI=1S/C18H22N2O3/c1-2-3-14-12-18(21)20(13-19-14)15-4-6-16(7-5-15)23-17-8-10-22-11-9-17/h4-7,12-13,17H,2-3,8-11H2,1H3. The van der Waals surface area contributed by atoms with Crippen LogP contribution in [0.5, 0.6) is 5.75 Å². The van der Waals surface area contributed by atoms with E-state index in [1.165, 1.54) is 0 Å². The average molecular weight is 314 g/mol. The summed E-state index contributed by atoms with van der Waals surface area (Å²) in [6, 6.07) is 9.18. The van der Waals surface area contributed by atoms with E-state index in [4.69, 9.17) is 9.47 Å². The Bertz CT molecular complexity index is 688. The second-order valence-corrected chi connectivity index (χ2v) is 5.76. The van der Waals surface area contributed by atoms with Crippen molar-refractivity contribution in [2.45, 2.75) is 38.7 Å². The maximum atomic E-state index is 12.2. The zero-order valence-electron chi connectivity index (χ0n) is 13.4. The average Bonchev–Trinajstić information content (AvgIpc) is 2.57. The van der Waals surface area contributed by atoms with Gasteiger partial charge in [-0.2, -0.15) is 0 Å². The fourth-order valence-corrected chi connectivity index (χ4v) is 2.70. The van der Waals surface area contributed by atoms with E-state index in [-0.39, 0.29) is 11.7 Å². The van der Waals surface area contributed by atoms with Gasteiger partial charge in [0.1, 0.15) is 18.2 Å². The van der Waals surface area contributed by atoms with Gasteiger partial charge >= 0.3 is 0 Å². The summed E-state index contributed by atoms with van der Waals surface area (Å²) in [4.78, 5) is 16.5. The lowest BCUT2D eigenvalue weighted by atomic mass is 10.1. The molecule has 2 aromatic rings. The number of benzene rings is 1. The Labute approximate surface area is 135 Å². The summed E-state index contributed by atoms with van der Waals surface area (Å²) in [7, 11) is 0. The van der Waals surface area contributed by atoms with E-state index in [0.717, 1.165) is 56.0 Å². The van der Waals surface area contributed by atoms with Gasteiger partial charge in [-0.1, -0.05) is 13.3 Å². The normalized spacial score (nSPS) is 15.5. The highest BCUT2D eigenvalue weighted by Gasteiger charge is 2.15. The monoisotopic (exact) mass is 314 g/mol. The van der Waals surface area contributed by atoms with Crippen molar-refractivity contribution in [2.75, 3.05) is 13.2 Å². The molecule has 1 aromatic carbocycles. The predicted octanol–water partition coefficient (Wildman–Crippen LogP) is 2.74. The molecule has 0 atom stereocenters. The Balaban J connectivity index is 1.72. The minimum absolute atomic E-state index is 0.0541. The maximum absolute atomic E-state index is 12.2. The van der Waals surface area contributed by atoms with E-state index >= 15 is 0 Å². The van der Waals surface area contributed by atoms with Gasteiger partial charge in [0.05, 0.1) is 18.9 Å². The number of aryl methyl sites for hydroxylation is 1. The molecule has 1 fully saturated rings. The Kier molecular flexibility index (Phi) is 5.08.